The van der Waals surface area contributed by atoms with Crippen molar-refractivity contribution >= 4 is 10.9 Å². The van der Waals surface area contributed by atoms with Gasteiger partial charge in [0, 0.05) is 66.5 Å². The molecule has 0 saturated carbocycles. The second-order valence-electron chi connectivity index (χ2n) is 11.0. The molecule has 0 spiro atoms. The highest BCUT2D eigenvalue weighted by atomic mass is 19.1. The molecule has 0 unspecified atom stereocenters. The topological polar surface area (TPSA) is 55.3 Å². The summed E-state index contributed by atoms with van der Waals surface area (Å²) >= 11 is 0. The fraction of sp³-hybridized carbons (Fsp3) is 0.483. The standard InChI is InChI=1S/C29H33F3N4O/c1-18-11-22-21-7-4-5-8-25(21)34-27(22)28(36(18)17-29(2,3)16-33)26-23(31)12-19(13-24(26)32)37-20-14-35(15-20)10-6-9-30/h4-5,7-8,12-13,18,20,28,34H,6,9-11,14-15,17H2,1-3H3/t18-,28-/m1/s1. The number of hydrogen-bond donors (Lipinski definition) is 1. The van der Waals surface area contributed by atoms with E-state index in [0.717, 1.165) is 22.2 Å². The van der Waals surface area contributed by atoms with Gasteiger partial charge >= 0.3 is 0 Å². The van der Waals surface area contributed by atoms with Gasteiger partial charge in [-0.15, -0.1) is 0 Å². The summed E-state index contributed by atoms with van der Waals surface area (Å²) in [5.41, 5.74) is 2.00. The summed E-state index contributed by atoms with van der Waals surface area (Å²) in [6, 6.07) is 12.0. The Bertz CT molecular complexity index is 1300. The monoisotopic (exact) mass is 510 g/mol. The zero-order valence-corrected chi connectivity index (χ0v) is 21.5. The van der Waals surface area contributed by atoms with E-state index >= 15 is 8.78 Å². The van der Waals surface area contributed by atoms with E-state index in [1.54, 1.807) is 0 Å². The number of nitriles is 1. The smallest absolute Gasteiger partial charge is 0.135 e. The summed E-state index contributed by atoms with van der Waals surface area (Å²) in [5.74, 6) is -1.20. The molecular formula is C29H33F3N4O. The maximum atomic E-state index is 15.8. The van der Waals surface area contributed by atoms with E-state index in [9.17, 15) is 9.65 Å². The summed E-state index contributed by atoms with van der Waals surface area (Å²) in [7, 11) is 0. The molecule has 1 N–H and O–H groups in total. The zero-order chi connectivity index (χ0) is 26.3. The van der Waals surface area contributed by atoms with Crippen LogP contribution in [-0.4, -0.2) is 59.8 Å². The molecule has 3 aromatic rings. The van der Waals surface area contributed by atoms with Crippen molar-refractivity contribution in [2.75, 3.05) is 32.9 Å². The average Bonchev–Trinajstić information content (AvgIpc) is 3.19. The van der Waals surface area contributed by atoms with Crippen LogP contribution in [0.1, 0.15) is 50.1 Å². The van der Waals surface area contributed by atoms with Crippen LogP contribution in [0.3, 0.4) is 0 Å². The lowest BCUT2D eigenvalue weighted by molar-refractivity contribution is 0.0180. The molecule has 1 aromatic heterocycles. The van der Waals surface area contributed by atoms with Gasteiger partial charge in [0.2, 0.25) is 0 Å². The molecule has 37 heavy (non-hydrogen) atoms. The summed E-state index contributed by atoms with van der Waals surface area (Å²) in [6.07, 6.45) is 1.01. The number of likely N-dealkylation sites (tertiary alicyclic amines) is 1. The number of para-hydroxylation sites is 1. The molecule has 1 saturated heterocycles. The molecule has 0 aliphatic carbocycles. The number of alkyl halides is 1. The first-order chi connectivity index (χ1) is 17.7. The molecule has 196 valence electrons. The number of nitrogens with one attached hydrogen (secondary N) is 1. The van der Waals surface area contributed by atoms with Gasteiger partial charge in [0.05, 0.1) is 24.2 Å². The Morgan fingerprint density at radius 2 is 1.86 bits per heavy atom. The first kappa shape index (κ1) is 25.6. The highest BCUT2D eigenvalue weighted by Gasteiger charge is 2.41. The van der Waals surface area contributed by atoms with Gasteiger partial charge in [-0.05, 0) is 45.2 Å². The third-order valence-electron chi connectivity index (χ3n) is 7.56. The summed E-state index contributed by atoms with van der Waals surface area (Å²) in [6.45, 7) is 7.61. The van der Waals surface area contributed by atoms with E-state index in [1.807, 2.05) is 49.9 Å². The van der Waals surface area contributed by atoms with Crippen LogP contribution in [-0.2, 0) is 6.42 Å². The number of aromatic amines is 1. The maximum absolute atomic E-state index is 15.8. The van der Waals surface area contributed by atoms with Crippen molar-refractivity contribution in [2.24, 2.45) is 5.41 Å². The lowest BCUT2D eigenvalue weighted by atomic mass is 9.85. The lowest BCUT2D eigenvalue weighted by Crippen LogP contribution is -2.53. The number of benzene rings is 2. The van der Waals surface area contributed by atoms with Gasteiger partial charge in [0.1, 0.15) is 23.5 Å². The quantitative estimate of drug-likeness (QED) is 0.419. The molecule has 0 radical (unpaired) electrons. The van der Waals surface area contributed by atoms with E-state index in [4.69, 9.17) is 4.74 Å². The number of aromatic nitrogens is 1. The van der Waals surface area contributed by atoms with Gasteiger partial charge in [-0.2, -0.15) is 5.26 Å². The molecule has 2 aromatic carbocycles. The van der Waals surface area contributed by atoms with Crippen molar-refractivity contribution in [3.63, 3.8) is 0 Å². The molecule has 8 heteroatoms. The Balaban J connectivity index is 1.51. The predicted octanol–water partition coefficient (Wildman–Crippen LogP) is 5.75. The molecule has 1 fully saturated rings. The van der Waals surface area contributed by atoms with Gasteiger partial charge in [-0.1, -0.05) is 18.2 Å². The number of H-pyrrole nitrogens is 1. The van der Waals surface area contributed by atoms with Crippen molar-refractivity contribution in [3.8, 4) is 11.8 Å². The third-order valence-corrected chi connectivity index (χ3v) is 7.56. The van der Waals surface area contributed by atoms with E-state index in [-0.39, 0.29) is 30.1 Å². The molecule has 2 aliphatic rings. The largest absolute Gasteiger partial charge is 0.488 e. The fourth-order valence-corrected chi connectivity index (χ4v) is 5.70. The summed E-state index contributed by atoms with van der Waals surface area (Å²) in [5, 5.41) is 10.8. The van der Waals surface area contributed by atoms with E-state index < -0.39 is 23.1 Å². The van der Waals surface area contributed by atoms with Gasteiger partial charge in [0.15, 0.2) is 0 Å². The number of fused-ring (bicyclic) bond motifs is 3. The van der Waals surface area contributed by atoms with Crippen LogP contribution in [0.5, 0.6) is 5.75 Å². The highest BCUT2D eigenvalue weighted by Crippen LogP contribution is 2.44. The van der Waals surface area contributed by atoms with Crippen LogP contribution in [0.15, 0.2) is 36.4 Å². The minimum absolute atomic E-state index is 0.0377. The SMILES string of the molecule is C[C@@H]1Cc2c([nH]c3ccccc23)[C@@H](c2c(F)cc(OC3CN(CCCF)C3)cc2F)N1CC(C)(C)C#N. The number of halogens is 3. The van der Waals surface area contributed by atoms with Crippen LogP contribution in [0.4, 0.5) is 13.2 Å². The Kier molecular flexibility index (Phi) is 6.95. The molecular weight excluding hydrogens is 477 g/mol. The van der Waals surface area contributed by atoms with Crippen LogP contribution in [0, 0.1) is 28.4 Å². The predicted molar refractivity (Wildman–Crippen MR) is 137 cm³/mol. The van der Waals surface area contributed by atoms with Gasteiger partial charge in [0.25, 0.3) is 0 Å². The first-order valence-electron chi connectivity index (χ1n) is 12.9. The highest BCUT2D eigenvalue weighted by molar-refractivity contribution is 5.85. The number of ether oxygens (including phenoxy) is 1. The van der Waals surface area contributed by atoms with Crippen molar-refractivity contribution in [1.29, 1.82) is 5.26 Å². The maximum Gasteiger partial charge on any atom is 0.135 e. The summed E-state index contributed by atoms with van der Waals surface area (Å²) < 4.78 is 49.8. The third kappa shape index (κ3) is 4.95. The van der Waals surface area contributed by atoms with Crippen molar-refractivity contribution in [2.45, 2.75) is 51.8 Å². The van der Waals surface area contributed by atoms with Crippen molar-refractivity contribution in [1.82, 2.24) is 14.8 Å². The van der Waals surface area contributed by atoms with Gasteiger partial charge < -0.3 is 9.72 Å². The van der Waals surface area contributed by atoms with Gasteiger partial charge in [-0.3, -0.25) is 14.2 Å². The molecule has 3 heterocycles. The van der Waals surface area contributed by atoms with E-state index in [2.05, 4.69) is 16.0 Å². The second kappa shape index (κ2) is 10.0. The fourth-order valence-electron chi connectivity index (χ4n) is 5.70. The zero-order valence-electron chi connectivity index (χ0n) is 21.5. The van der Waals surface area contributed by atoms with Crippen LogP contribution in [0.2, 0.25) is 0 Å². The number of nitrogens with zero attached hydrogens (tertiary/aromatic N) is 3. The molecule has 2 aliphatic heterocycles. The molecule has 2 atom stereocenters. The van der Waals surface area contributed by atoms with Crippen molar-refractivity contribution < 1.29 is 17.9 Å². The Hall–Kier alpha value is -3.02. The molecule has 0 amide bonds. The number of hydrogen-bond acceptors (Lipinski definition) is 4. The Morgan fingerprint density at radius 3 is 2.54 bits per heavy atom. The first-order valence-corrected chi connectivity index (χ1v) is 12.9. The number of rotatable bonds is 8. The van der Waals surface area contributed by atoms with Crippen LogP contribution >= 0.6 is 0 Å². The normalized spacial score (nSPS) is 21.0. The Labute approximate surface area is 215 Å². The summed E-state index contributed by atoms with van der Waals surface area (Å²) in [4.78, 5) is 7.53. The lowest BCUT2D eigenvalue weighted by Gasteiger charge is -2.43. The van der Waals surface area contributed by atoms with E-state index in [0.29, 0.717) is 39.0 Å². The van der Waals surface area contributed by atoms with E-state index in [1.165, 1.54) is 12.1 Å². The minimum atomic E-state index is -0.715. The second-order valence-corrected chi connectivity index (χ2v) is 11.0. The minimum Gasteiger partial charge on any atom is -0.488 e. The molecule has 5 rings (SSSR count). The molecule has 0 bridgehead atoms. The van der Waals surface area contributed by atoms with Crippen LogP contribution < -0.4 is 4.74 Å². The molecule has 5 nitrogen and oxygen atoms in total. The Morgan fingerprint density at radius 1 is 1.16 bits per heavy atom. The van der Waals surface area contributed by atoms with Crippen molar-refractivity contribution in [3.05, 3.63) is 64.9 Å². The average molecular weight is 511 g/mol. The van der Waals surface area contributed by atoms with Crippen LogP contribution in [0.25, 0.3) is 10.9 Å². The van der Waals surface area contributed by atoms with Gasteiger partial charge in [-0.25, -0.2) is 8.78 Å².